The van der Waals surface area contributed by atoms with E-state index >= 15 is 0 Å². The minimum Gasteiger partial charge on any atom is -0.467 e. The maximum absolute atomic E-state index is 12.8. The molecule has 3 atom stereocenters. The van der Waals surface area contributed by atoms with Crippen molar-refractivity contribution < 1.29 is 28.7 Å². The van der Waals surface area contributed by atoms with E-state index in [1.807, 2.05) is 0 Å². The highest BCUT2D eigenvalue weighted by Crippen LogP contribution is 2.26. The molecule has 0 aromatic heterocycles. The van der Waals surface area contributed by atoms with Crippen LogP contribution in [0.1, 0.15) is 33.1 Å². The number of hydrogen-bond acceptors (Lipinski definition) is 6. The van der Waals surface area contributed by atoms with Crippen molar-refractivity contribution in [2.45, 2.75) is 51.3 Å². The van der Waals surface area contributed by atoms with E-state index in [4.69, 9.17) is 9.47 Å². The normalized spacial score (nSPS) is 28.3. The molecule has 0 aromatic carbocycles. The first kappa shape index (κ1) is 16.3. The minimum absolute atomic E-state index is 0.391. The lowest BCUT2D eigenvalue weighted by Crippen LogP contribution is -2.57. The van der Waals surface area contributed by atoms with Crippen molar-refractivity contribution in [2.75, 3.05) is 13.7 Å². The molecule has 0 spiro atoms. The summed E-state index contributed by atoms with van der Waals surface area (Å²) in [5, 5.41) is 0. The average Bonchev–Trinajstić information content (AvgIpc) is 2.80. The van der Waals surface area contributed by atoms with Gasteiger partial charge in [0.15, 0.2) is 6.04 Å². The van der Waals surface area contributed by atoms with Crippen LogP contribution in [0, 0.1) is 0 Å². The van der Waals surface area contributed by atoms with Crippen molar-refractivity contribution in [3.05, 3.63) is 0 Å². The quantitative estimate of drug-likeness (QED) is 0.681. The van der Waals surface area contributed by atoms with E-state index < -0.39 is 42.1 Å². The fourth-order valence-electron chi connectivity index (χ4n) is 2.99. The Balaban J connectivity index is 2.26. The van der Waals surface area contributed by atoms with Gasteiger partial charge in [-0.25, -0.2) is 14.5 Å². The lowest BCUT2D eigenvalue weighted by atomic mass is 9.99. The second-order valence-electron chi connectivity index (χ2n) is 5.49. The maximum Gasteiger partial charge on any atom is 0.417 e. The van der Waals surface area contributed by atoms with Crippen LogP contribution >= 0.6 is 0 Å². The van der Waals surface area contributed by atoms with Gasteiger partial charge in [-0.15, -0.1) is 0 Å². The number of likely N-dealkylation sites (tertiary alicyclic amines) is 1. The summed E-state index contributed by atoms with van der Waals surface area (Å²) in [7, 11) is 1.27. The van der Waals surface area contributed by atoms with Crippen LogP contribution in [-0.2, 0) is 23.9 Å². The van der Waals surface area contributed by atoms with Gasteiger partial charge in [0.25, 0.3) is 5.91 Å². The van der Waals surface area contributed by atoms with Gasteiger partial charge in [-0.1, -0.05) is 0 Å². The molecule has 2 aliphatic rings. The molecular formula is C14H20N2O6. The van der Waals surface area contributed by atoms with Crippen molar-refractivity contribution in [3.63, 3.8) is 0 Å². The van der Waals surface area contributed by atoms with Gasteiger partial charge < -0.3 is 14.4 Å². The first-order valence-corrected chi connectivity index (χ1v) is 7.27. The van der Waals surface area contributed by atoms with Crippen LogP contribution in [0.2, 0.25) is 0 Å². The standard InChI is InChI=1S/C14H20N2O6/c1-8-11(16(9(2)17)14(20)22-8)12(18)15-7-5-4-6-10(15)13(19)21-3/h8,10-11H,4-7H2,1-3H3/t8-,10+,11+/m1/s1. The van der Waals surface area contributed by atoms with Crippen LogP contribution in [0.4, 0.5) is 4.79 Å². The SMILES string of the molecule is COC(=O)[C@@H]1CCCCN1C(=O)[C@@H]1[C@@H](C)OC(=O)N1C(C)=O. The molecule has 8 heteroatoms. The minimum atomic E-state index is -1.03. The smallest absolute Gasteiger partial charge is 0.417 e. The molecule has 2 heterocycles. The molecule has 0 radical (unpaired) electrons. The van der Waals surface area contributed by atoms with Crippen LogP contribution < -0.4 is 0 Å². The summed E-state index contributed by atoms with van der Waals surface area (Å²) in [4.78, 5) is 50.2. The molecule has 8 nitrogen and oxygen atoms in total. The number of nitrogens with zero attached hydrogens (tertiary/aromatic N) is 2. The second kappa shape index (κ2) is 6.33. The molecule has 2 saturated heterocycles. The number of rotatable bonds is 2. The van der Waals surface area contributed by atoms with E-state index in [1.54, 1.807) is 6.92 Å². The number of carbonyl (C=O) groups excluding carboxylic acids is 4. The summed E-state index contributed by atoms with van der Waals surface area (Å²) in [5.74, 6) is -1.50. The Morgan fingerprint density at radius 1 is 1.27 bits per heavy atom. The number of carbonyl (C=O) groups is 4. The van der Waals surface area contributed by atoms with Crippen molar-refractivity contribution in [3.8, 4) is 0 Å². The van der Waals surface area contributed by atoms with E-state index in [1.165, 1.54) is 18.9 Å². The number of amides is 3. The highest BCUT2D eigenvalue weighted by molar-refractivity contribution is 6.00. The Morgan fingerprint density at radius 3 is 2.55 bits per heavy atom. The molecule has 0 aromatic rings. The fourth-order valence-corrected chi connectivity index (χ4v) is 2.99. The highest BCUT2D eigenvalue weighted by atomic mass is 16.6. The van der Waals surface area contributed by atoms with E-state index in [-0.39, 0.29) is 0 Å². The van der Waals surface area contributed by atoms with Crippen molar-refractivity contribution in [2.24, 2.45) is 0 Å². The van der Waals surface area contributed by atoms with Crippen LogP contribution in [0.25, 0.3) is 0 Å². The van der Waals surface area contributed by atoms with Gasteiger partial charge in [0, 0.05) is 13.5 Å². The van der Waals surface area contributed by atoms with Crippen LogP contribution in [0.15, 0.2) is 0 Å². The van der Waals surface area contributed by atoms with Crippen LogP contribution in [0.5, 0.6) is 0 Å². The molecule has 2 aliphatic heterocycles. The second-order valence-corrected chi connectivity index (χ2v) is 5.49. The van der Waals surface area contributed by atoms with E-state index in [0.717, 1.165) is 17.7 Å². The third kappa shape index (κ3) is 2.77. The van der Waals surface area contributed by atoms with Gasteiger partial charge in [-0.2, -0.15) is 0 Å². The molecule has 0 aliphatic carbocycles. The molecular weight excluding hydrogens is 292 g/mol. The van der Waals surface area contributed by atoms with Crippen LogP contribution in [-0.4, -0.2) is 65.5 Å². The molecule has 0 unspecified atom stereocenters. The highest BCUT2D eigenvalue weighted by Gasteiger charge is 2.49. The Hall–Kier alpha value is -2.12. The number of methoxy groups -OCH3 is 1. The van der Waals surface area contributed by atoms with E-state index in [2.05, 4.69) is 0 Å². The zero-order valence-electron chi connectivity index (χ0n) is 12.9. The fraction of sp³-hybridized carbons (Fsp3) is 0.714. The first-order chi connectivity index (χ1) is 10.4. The molecule has 2 fully saturated rings. The average molecular weight is 312 g/mol. The van der Waals surface area contributed by atoms with Gasteiger partial charge in [-0.05, 0) is 26.2 Å². The predicted molar refractivity (Wildman–Crippen MR) is 73.6 cm³/mol. The zero-order chi connectivity index (χ0) is 16.4. The number of imide groups is 1. The van der Waals surface area contributed by atoms with Gasteiger partial charge in [0.1, 0.15) is 12.1 Å². The zero-order valence-corrected chi connectivity index (χ0v) is 12.9. The predicted octanol–water partition coefficient (Wildman–Crippen LogP) is 0.296. The number of piperidine rings is 1. The van der Waals surface area contributed by atoms with E-state index in [0.29, 0.717) is 13.0 Å². The monoisotopic (exact) mass is 312 g/mol. The van der Waals surface area contributed by atoms with Crippen molar-refractivity contribution in [1.29, 1.82) is 0 Å². The summed E-state index contributed by atoms with van der Waals surface area (Å²) in [6.45, 7) is 3.15. The Labute approximate surface area is 128 Å². The summed E-state index contributed by atoms with van der Waals surface area (Å²) in [6.07, 6.45) is 0.508. The summed E-state index contributed by atoms with van der Waals surface area (Å²) in [6, 6.07) is -1.71. The van der Waals surface area contributed by atoms with Crippen molar-refractivity contribution in [1.82, 2.24) is 9.80 Å². The Kier molecular flexibility index (Phi) is 4.68. The van der Waals surface area contributed by atoms with Crippen LogP contribution in [0.3, 0.4) is 0 Å². The first-order valence-electron chi connectivity index (χ1n) is 7.27. The lowest BCUT2D eigenvalue weighted by Gasteiger charge is -2.36. The number of cyclic esters (lactones) is 1. The summed E-state index contributed by atoms with van der Waals surface area (Å²) < 4.78 is 9.73. The molecule has 3 amide bonds. The third-order valence-electron chi connectivity index (χ3n) is 4.06. The largest absolute Gasteiger partial charge is 0.467 e. The molecule has 0 N–H and O–H groups in total. The van der Waals surface area contributed by atoms with Gasteiger partial charge in [0.2, 0.25) is 5.91 Å². The summed E-state index contributed by atoms with van der Waals surface area (Å²) >= 11 is 0. The number of esters is 1. The van der Waals surface area contributed by atoms with Gasteiger partial charge in [-0.3, -0.25) is 9.59 Å². The molecule has 122 valence electrons. The van der Waals surface area contributed by atoms with Gasteiger partial charge >= 0.3 is 12.1 Å². The molecule has 0 saturated carbocycles. The Bertz CT molecular complexity index is 506. The van der Waals surface area contributed by atoms with Gasteiger partial charge in [0.05, 0.1) is 7.11 Å². The topological polar surface area (TPSA) is 93.2 Å². The molecule has 22 heavy (non-hydrogen) atoms. The van der Waals surface area contributed by atoms with E-state index in [9.17, 15) is 19.2 Å². The summed E-state index contributed by atoms with van der Waals surface area (Å²) in [5.41, 5.74) is 0. The maximum atomic E-state index is 12.8. The number of ether oxygens (including phenoxy) is 2. The Morgan fingerprint density at radius 2 is 1.95 bits per heavy atom. The molecule has 0 bridgehead atoms. The number of hydrogen-bond donors (Lipinski definition) is 0. The molecule has 2 rings (SSSR count). The van der Waals surface area contributed by atoms with Crippen molar-refractivity contribution >= 4 is 23.9 Å². The lowest BCUT2D eigenvalue weighted by molar-refractivity contribution is -0.157. The third-order valence-corrected chi connectivity index (χ3v) is 4.06.